The maximum atomic E-state index is 11.1. The van der Waals surface area contributed by atoms with Crippen molar-refractivity contribution < 1.29 is 19.8 Å². The van der Waals surface area contributed by atoms with Gasteiger partial charge in [-0.15, -0.1) is 0 Å². The van der Waals surface area contributed by atoms with Gasteiger partial charge in [-0.25, -0.2) is 0 Å². The lowest BCUT2D eigenvalue weighted by Crippen LogP contribution is -2.24. The van der Waals surface area contributed by atoms with Crippen molar-refractivity contribution in [1.29, 1.82) is 0 Å². The fourth-order valence-electron chi connectivity index (χ4n) is 2.22. The van der Waals surface area contributed by atoms with E-state index in [4.69, 9.17) is 10.2 Å². The van der Waals surface area contributed by atoms with Crippen molar-refractivity contribution in [3.63, 3.8) is 0 Å². The Kier molecular flexibility index (Phi) is 7.32. The summed E-state index contributed by atoms with van der Waals surface area (Å²) >= 11 is 0. The van der Waals surface area contributed by atoms with E-state index in [-0.39, 0.29) is 12.8 Å². The molecule has 5 nitrogen and oxygen atoms in total. The quantitative estimate of drug-likeness (QED) is 0.695. The summed E-state index contributed by atoms with van der Waals surface area (Å²) in [6.07, 6.45) is 2.30. The first-order valence-corrected chi connectivity index (χ1v) is 7.27. The molecule has 120 valence electrons. The molecule has 0 fully saturated rings. The topological polar surface area (TPSA) is 77.8 Å². The van der Waals surface area contributed by atoms with Gasteiger partial charge in [0.05, 0.1) is 5.92 Å². The van der Waals surface area contributed by atoms with Gasteiger partial charge in [-0.1, -0.05) is 36.9 Å². The Bertz CT molecular complexity index is 510. The van der Waals surface area contributed by atoms with Crippen molar-refractivity contribution in [3.8, 4) is 0 Å². The second-order valence-corrected chi connectivity index (χ2v) is 5.44. The molecule has 0 bridgehead atoms. The van der Waals surface area contributed by atoms with Gasteiger partial charge in [0.15, 0.2) is 0 Å². The molecule has 1 atom stereocenters. The molecule has 2 N–H and O–H groups in total. The Hall–Kier alpha value is -2.14. The van der Waals surface area contributed by atoms with Crippen LogP contribution in [-0.4, -0.2) is 40.6 Å². The van der Waals surface area contributed by atoms with Crippen LogP contribution < -0.4 is 0 Å². The Morgan fingerprint density at radius 1 is 1.23 bits per heavy atom. The van der Waals surface area contributed by atoms with Crippen molar-refractivity contribution in [1.82, 2.24) is 4.90 Å². The van der Waals surface area contributed by atoms with E-state index in [0.29, 0.717) is 13.0 Å². The van der Waals surface area contributed by atoms with Crippen LogP contribution in [0.4, 0.5) is 0 Å². The van der Waals surface area contributed by atoms with Gasteiger partial charge in [-0.05, 0) is 37.6 Å². The molecule has 1 unspecified atom stereocenters. The standard InChI is InChI=1S/C17H23NO4/c1-3-13-4-6-14(7-5-13)12-18(2)11-10-15(17(21)22)8-9-16(19)20/h3-7,15H,1,8-12H2,2H3,(H,19,20)(H,21,22). The number of hydrogen-bond acceptors (Lipinski definition) is 3. The lowest BCUT2D eigenvalue weighted by atomic mass is 9.99. The average Bonchev–Trinajstić information content (AvgIpc) is 2.47. The van der Waals surface area contributed by atoms with Crippen molar-refractivity contribution in [2.45, 2.75) is 25.8 Å². The Morgan fingerprint density at radius 2 is 1.86 bits per heavy atom. The van der Waals surface area contributed by atoms with Crippen LogP contribution in [0.3, 0.4) is 0 Å². The molecular formula is C17H23NO4. The summed E-state index contributed by atoms with van der Waals surface area (Å²) in [6.45, 7) is 5.04. The number of aliphatic carboxylic acids is 2. The van der Waals surface area contributed by atoms with E-state index in [9.17, 15) is 9.59 Å². The molecule has 0 aromatic heterocycles. The molecule has 1 rings (SSSR count). The van der Waals surface area contributed by atoms with Crippen LogP contribution >= 0.6 is 0 Å². The van der Waals surface area contributed by atoms with Crippen LogP contribution in [0.2, 0.25) is 0 Å². The van der Waals surface area contributed by atoms with Crippen molar-refractivity contribution in [3.05, 3.63) is 42.0 Å². The van der Waals surface area contributed by atoms with Gasteiger partial charge in [-0.3, -0.25) is 9.59 Å². The Labute approximate surface area is 130 Å². The van der Waals surface area contributed by atoms with Crippen LogP contribution in [-0.2, 0) is 16.1 Å². The van der Waals surface area contributed by atoms with Gasteiger partial charge >= 0.3 is 11.9 Å². The van der Waals surface area contributed by atoms with Crippen LogP contribution in [0.15, 0.2) is 30.8 Å². The van der Waals surface area contributed by atoms with Crippen LogP contribution in [0, 0.1) is 5.92 Å². The zero-order chi connectivity index (χ0) is 16.5. The fraction of sp³-hybridized carbons (Fsp3) is 0.412. The number of carboxylic acid groups (broad SMARTS) is 2. The van der Waals surface area contributed by atoms with Gasteiger partial charge in [0.1, 0.15) is 0 Å². The second-order valence-electron chi connectivity index (χ2n) is 5.44. The highest BCUT2D eigenvalue weighted by molar-refractivity contribution is 5.72. The minimum absolute atomic E-state index is 0.107. The van der Waals surface area contributed by atoms with Crippen LogP contribution in [0.5, 0.6) is 0 Å². The van der Waals surface area contributed by atoms with Gasteiger partial charge in [0.25, 0.3) is 0 Å². The minimum atomic E-state index is -0.957. The third-order valence-corrected chi connectivity index (χ3v) is 3.58. The predicted octanol–water partition coefficient (Wildman–Crippen LogP) is 2.72. The summed E-state index contributed by atoms with van der Waals surface area (Å²) in [4.78, 5) is 23.7. The summed E-state index contributed by atoms with van der Waals surface area (Å²) < 4.78 is 0. The molecule has 0 saturated heterocycles. The lowest BCUT2D eigenvalue weighted by Gasteiger charge is -2.19. The summed E-state index contributed by atoms with van der Waals surface area (Å²) in [5.74, 6) is -2.49. The summed E-state index contributed by atoms with van der Waals surface area (Å²) in [5.41, 5.74) is 2.21. The Morgan fingerprint density at radius 3 is 2.36 bits per heavy atom. The highest BCUT2D eigenvalue weighted by Gasteiger charge is 2.19. The van der Waals surface area contributed by atoms with Crippen LogP contribution in [0.25, 0.3) is 6.08 Å². The number of carboxylic acids is 2. The van der Waals surface area contributed by atoms with Crippen molar-refractivity contribution >= 4 is 18.0 Å². The number of benzene rings is 1. The smallest absolute Gasteiger partial charge is 0.306 e. The van der Waals surface area contributed by atoms with Crippen molar-refractivity contribution in [2.75, 3.05) is 13.6 Å². The molecule has 0 aliphatic carbocycles. The molecule has 1 aromatic carbocycles. The highest BCUT2D eigenvalue weighted by atomic mass is 16.4. The normalized spacial score (nSPS) is 12.1. The minimum Gasteiger partial charge on any atom is -0.481 e. The number of rotatable bonds is 10. The van der Waals surface area contributed by atoms with E-state index in [1.54, 1.807) is 6.08 Å². The first-order valence-electron chi connectivity index (χ1n) is 7.27. The monoisotopic (exact) mass is 305 g/mol. The van der Waals surface area contributed by atoms with Gasteiger partial charge in [-0.2, -0.15) is 0 Å². The Balaban J connectivity index is 2.44. The third-order valence-electron chi connectivity index (χ3n) is 3.58. The molecule has 0 radical (unpaired) electrons. The molecule has 0 heterocycles. The zero-order valence-corrected chi connectivity index (χ0v) is 12.9. The number of hydrogen-bond donors (Lipinski definition) is 2. The average molecular weight is 305 g/mol. The summed E-state index contributed by atoms with van der Waals surface area (Å²) in [6, 6.07) is 8.02. The second kappa shape index (κ2) is 9.00. The van der Waals surface area contributed by atoms with Gasteiger partial charge in [0, 0.05) is 13.0 Å². The summed E-state index contributed by atoms with van der Waals surface area (Å²) in [7, 11) is 1.93. The molecule has 0 aliphatic heterocycles. The van der Waals surface area contributed by atoms with E-state index >= 15 is 0 Å². The highest BCUT2D eigenvalue weighted by Crippen LogP contribution is 2.14. The molecule has 22 heavy (non-hydrogen) atoms. The van der Waals surface area contributed by atoms with E-state index in [0.717, 1.165) is 17.7 Å². The fourth-order valence-corrected chi connectivity index (χ4v) is 2.22. The van der Waals surface area contributed by atoms with Gasteiger partial charge in [0.2, 0.25) is 0 Å². The van der Waals surface area contributed by atoms with E-state index in [1.165, 1.54) is 0 Å². The van der Waals surface area contributed by atoms with Gasteiger partial charge < -0.3 is 15.1 Å². The molecule has 0 aliphatic rings. The van der Waals surface area contributed by atoms with E-state index in [1.807, 2.05) is 36.2 Å². The third kappa shape index (κ3) is 6.54. The van der Waals surface area contributed by atoms with Crippen LogP contribution in [0.1, 0.15) is 30.4 Å². The SMILES string of the molecule is C=Cc1ccc(CN(C)CCC(CCC(=O)O)C(=O)O)cc1. The largest absolute Gasteiger partial charge is 0.481 e. The number of nitrogens with zero attached hydrogens (tertiary/aromatic N) is 1. The maximum absolute atomic E-state index is 11.1. The van der Waals surface area contributed by atoms with Crippen molar-refractivity contribution in [2.24, 2.45) is 5.92 Å². The number of carbonyl (C=O) groups is 2. The zero-order valence-electron chi connectivity index (χ0n) is 12.9. The lowest BCUT2D eigenvalue weighted by molar-refractivity contribution is -0.143. The molecule has 0 amide bonds. The molecule has 0 spiro atoms. The molecule has 5 heteroatoms. The van der Waals surface area contributed by atoms with E-state index in [2.05, 4.69) is 6.58 Å². The summed E-state index contributed by atoms with van der Waals surface area (Å²) in [5, 5.41) is 17.8. The molecule has 0 saturated carbocycles. The first kappa shape index (κ1) is 17.9. The molecule has 1 aromatic rings. The molecular weight excluding hydrogens is 282 g/mol. The van der Waals surface area contributed by atoms with E-state index < -0.39 is 17.9 Å². The predicted molar refractivity (Wildman–Crippen MR) is 85.5 cm³/mol. The first-order chi connectivity index (χ1) is 10.4. The maximum Gasteiger partial charge on any atom is 0.306 e.